The smallest absolute Gasteiger partial charge is 0.395 e. The Kier molecular flexibility index (Phi) is 6.42. The van der Waals surface area contributed by atoms with Crippen molar-refractivity contribution in [1.29, 1.82) is 0 Å². The van der Waals surface area contributed by atoms with E-state index < -0.39 is 0 Å². The van der Waals surface area contributed by atoms with Gasteiger partial charge in [0.2, 0.25) is 0 Å². The molecule has 7 heteroatoms. The van der Waals surface area contributed by atoms with E-state index in [4.69, 9.17) is 15.2 Å². The van der Waals surface area contributed by atoms with Gasteiger partial charge < -0.3 is 20.5 Å². The number of nitrogens with zero attached hydrogens (tertiary/aromatic N) is 1. The average molecular weight is 302 g/mol. The number of carbonyl (C=O) groups excluding carboxylic acids is 1. The van der Waals surface area contributed by atoms with Gasteiger partial charge >= 0.3 is 13.6 Å². The summed E-state index contributed by atoms with van der Waals surface area (Å²) in [5, 5.41) is 6.84. The molecule has 0 amide bonds. The molecule has 0 saturated heterocycles. The second kappa shape index (κ2) is 8.55. The molecule has 22 heavy (non-hydrogen) atoms. The zero-order valence-electron chi connectivity index (χ0n) is 12.7. The van der Waals surface area contributed by atoms with Gasteiger partial charge in [-0.3, -0.25) is 0 Å². The summed E-state index contributed by atoms with van der Waals surface area (Å²) in [6.45, 7) is 0. The first-order chi connectivity index (χ1) is 10.7. The zero-order valence-corrected chi connectivity index (χ0v) is 12.7. The largest absolute Gasteiger partial charge is 0.427 e. The Morgan fingerprint density at radius 1 is 1.41 bits per heavy atom. The quantitative estimate of drug-likeness (QED) is 0.258. The standard InChI is InChI=1S/C15H21BN3O3/c1-21-16-18-13-8-7-12(10-13)15(20)22-19-14(17)9-11-5-3-2-4-6-11/h2-6,12-13,18H,7-10H2,1H3,(H2,17,19). The minimum absolute atomic E-state index is 0.143. The van der Waals surface area contributed by atoms with E-state index in [1.54, 1.807) is 7.11 Å². The van der Waals surface area contributed by atoms with Crippen molar-refractivity contribution < 1.29 is 14.3 Å². The normalized spacial score (nSPS) is 21.6. The number of amidine groups is 1. The van der Waals surface area contributed by atoms with Crippen LogP contribution in [0.1, 0.15) is 24.8 Å². The highest BCUT2D eigenvalue weighted by molar-refractivity contribution is 6.23. The predicted octanol–water partition coefficient (Wildman–Crippen LogP) is 0.983. The highest BCUT2D eigenvalue weighted by atomic mass is 16.7. The molecule has 1 radical (unpaired) electrons. The van der Waals surface area contributed by atoms with Gasteiger partial charge in [-0.05, 0) is 30.9 Å². The number of oxime groups is 1. The molecule has 1 aromatic rings. The van der Waals surface area contributed by atoms with Crippen LogP contribution in [0.25, 0.3) is 0 Å². The van der Waals surface area contributed by atoms with Crippen LogP contribution in [0.4, 0.5) is 0 Å². The molecule has 117 valence electrons. The minimum Gasteiger partial charge on any atom is -0.427 e. The summed E-state index contributed by atoms with van der Waals surface area (Å²) < 4.78 is 4.84. The lowest BCUT2D eigenvalue weighted by Crippen LogP contribution is -2.31. The summed E-state index contributed by atoms with van der Waals surface area (Å²) in [5.41, 5.74) is 6.81. The van der Waals surface area contributed by atoms with Gasteiger partial charge in [0.1, 0.15) is 5.84 Å². The number of nitrogens with one attached hydrogen (secondary N) is 1. The minimum atomic E-state index is -0.322. The van der Waals surface area contributed by atoms with Crippen molar-refractivity contribution in [3.05, 3.63) is 35.9 Å². The van der Waals surface area contributed by atoms with Crippen LogP contribution < -0.4 is 11.0 Å². The summed E-state index contributed by atoms with van der Waals surface area (Å²) in [6, 6.07) is 9.92. The van der Waals surface area contributed by atoms with Crippen LogP contribution >= 0.6 is 0 Å². The third-order valence-corrected chi connectivity index (χ3v) is 3.67. The first-order valence-electron chi connectivity index (χ1n) is 7.36. The highest BCUT2D eigenvalue weighted by Gasteiger charge is 2.31. The van der Waals surface area contributed by atoms with Crippen molar-refractivity contribution in [3.8, 4) is 0 Å². The van der Waals surface area contributed by atoms with Crippen LogP contribution in [0, 0.1) is 5.92 Å². The third kappa shape index (κ3) is 5.16. The maximum absolute atomic E-state index is 12.0. The highest BCUT2D eigenvalue weighted by Crippen LogP contribution is 2.26. The van der Waals surface area contributed by atoms with Gasteiger partial charge in [-0.25, -0.2) is 4.79 Å². The SMILES string of the molecule is CO[B]NC1CCC(C(=O)O/N=C(\N)Cc2ccccc2)C1. The van der Waals surface area contributed by atoms with Crippen LogP contribution in [0.15, 0.2) is 35.5 Å². The summed E-state index contributed by atoms with van der Waals surface area (Å²) in [5.74, 6) is -0.173. The van der Waals surface area contributed by atoms with Crippen LogP contribution in [-0.4, -0.2) is 32.6 Å². The molecule has 1 fully saturated rings. The monoisotopic (exact) mass is 302 g/mol. The van der Waals surface area contributed by atoms with E-state index in [1.165, 1.54) is 7.62 Å². The van der Waals surface area contributed by atoms with Gasteiger partial charge in [-0.1, -0.05) is 35.5 Å². The maximum atomic E-state index is 12.0. The Morgan fingerprint density at radius 2 is 2.18 bits per heavy atom. The summed E-state index contributed by atoms with van der Waals surface area (Å²) in [4.78, 5) is 16.9. The molecule has 0 spiro atoms. The first kappa shape index (κ1) is 16.5. The van der Waals surface area contributed by atoms with E-state index >= 15 is 0 Å². The molecule has 1 aliphatic carbocycles. The summed E-state index contributed by atoms with van der Waals surface area (Å²) in [6.07, 6.45) is 2.86. The van der Waals surface area contributed by atoms with Gasteiger partial charge in [-0.15, -0.1) is 0 Å². The zero-order chi connectivity index (χ0) is 15.8. The molecule has 2 unspecified atom stereocenters. The number of carbonyl (C=O) groups is 1. The number of hydrogen-bond donors (Lipinski definition) is 2. The van der Waals surface area contributed by atoms with Gasteiger partial charge in [-0.2, -0.15) is 0 Å². The van der Waals surface area contributed by atoms with Crippen molar-refractivity contribution in [3.63, 3.8) is 0 Å². The molecule has 0 heterocycles. The van der Waals surface area contributed by atoms with E-state index in [0.717, 1.165) is 18.4 Å². The number of nitrogens with two attached hydrogens (primary N) is 1. The van der Waals surface area contributed by atoms with Gasteiger partial charge in [0, 0.05) is 13.5 Å². The van der Waals surface area contributed by atoms with Crippen LogP contribution in [-0.2, 0) is 20.7 Å². The van der Waals surface area contributed by atoms with Crippen molar-refractivity contribution in [1.82, 2.24) is 5.23 Å². The Bertz CT molecular complexity index is 510. The van der Waals surface area contributed by atoms with Crippen molar-refractivity contribution >= 4 is 19.4 Å². The molecule has 1 aromatic carbocycles. The molecule has 0 aliphatic heterocycles. The molecule has 0 bridgehead atoms. The van der Waals surface area contributed by atoms with Crippen molar-refractivity contribution in [2.24, 2.45) is 16.8 Å². The third-order valence-electron chi connectivity index (χ3n) is 3.67. The van der Waals surface area contributed by atoms with Crippen LogP contribution in [0.3, 0.4) is 0 Å². The van der Waals surface area contributed by atoms with E-state index in [2.05, 4.69) is 10.4 Å². The Labute approximate surface area is 131 Å². The summed E-state index contributed by atoms with van der Waals surface area (Å²) >= 11 is 0. The fourth-order valence-electron chi connectivity index (χ4n) is 2.53. The lowest BCUT2D eigenvalue weighted by molar-refractivity contribution is -0.148. The lowest BCUT2D eigenvalue weighted by atomic mass is 10.1. The second-order valence-corrected chi connectivity index (χ2v) is 5.38. The van der Waals surface area contributed by atoms with Gasteiger partial charge in [0.15, 0.2) is 0 Å². The fraction of sp³-hybridized carbons (Fsp3) is 0.467. The number of benzene rings is 1. The molecule has 2 atom stereocenters. The Morgan fingerprint density at radius 3 is 2.91 bits per heavy atom. The van der Waals surface area contributed by atoms with E-state index in [1.807, 2.05) is 30.3 Å². The topological polar surface area (TPSA) is 85.9 Å². The predicted molar refractivity (Wildman–Crippen MR) is 84.9 cm³/mol. The summed E-state index contributed by atoms with van der Waals surface area (Å²) in [7, 11) is 3.12. The van der Waals surface area contributed by atoms with Gasteiger partial charge in [0.25, 0.3) is 0 Å². The molecule has 1 saturated carbocycles. The van der Waals surface area contributed by atoms with Crippen molar-refractivity contribution in [2.45, 2.75) is 31.7 Å². The van der Waals surface area contributed by atoms with Crippen LogP contribution in [0.2, 0.25) is 0 Å². The van der Waals surface area contributed by atoms with E-state index in [0.29, 0.717) is 18.7 Å². The van der Waals surface area contributed by atoms with Crippen molar-refractivity contribution in [2.75, 3.05) is 7.11 Å². The molecular formula is C15H21BN3O3. The number of hydrogen-bond acceptors (Lipinski definition) is 5. The second-order valence-electron chi connectivity index (χ2n) is 5.38. The van der Waals surface area contributed by atoms with Crippen LogP contribution in [0.5, 0.6) is 0 Å². The molecule has 1 aliphatic rings. The lowest BCUT2D eigenvalue weighted by Gasteiger charge is -2.10. The van der Waals surface area contributed by atoms with Gasteiger partial charge in [0.05, 0.1) is 5.92 Å². The fourth-order valence-corrected chi connectivity index (χ4v) is 2.53. The Hall–Kier alpha value is -1.86. The average Bonchev–Trinajstić information content (AvgIpc) is 3.00. The number of rotatable bonds is 7. The molecule has 6 nitrogen and oxygen atoms in total. The molecule has 3 N–H and O–H groups in total. The Balaban J connectivity index is 1.76. The molecular weight excluding hydrogens is 281 g/mol. The molecule has 0 aromatic heterocycles. The van der Waals surface area contributed by atoms with E-state index in [9.17, 15) is 4.79 Å². The maximum Gasteiger partial charge on any atom is 0.395 e. The first-order valence-corrected chi connectivity index (χ1v) is 7.36. The molecule has 2 rings (SSSR count). The van der Waals surface area contributed by atoms with E-state index in [-0.39, 0.29) is 17.9 Å².